The molecular formula is C29H32N2O3. The van der Waals surface area contributed by atoms with Gasteiger partial charge in [-0.15, -0.1) is 0 Å². The molecular weight excluding hydrogens is 424 g/mol. The third kappa shape index (κ3) is 5.54. The average molecular weight is 457 g/mol. The Morgan fingerprint density at radius 2 is 1.65 bits per heavy atom. The molecule has 0 aromatic heterocycles. The molecule has 1 amide bonds. The fourth-order valence-electron chi connectivity index (χ4n) is 4.53. The van der Waals surface area contributed by atoms with Gasteiger partial charge in [-0.05, 0) is 53.5 Å². The van der Waals surface area contributed by atoms with Gasteiger partial charge < -0.3 is 10.0 Å². The number of rotatable bonds is 8. The Bertz CT molecular complexity index is 1130. The van der Waals surface area contributed by atoms with Crippen LogP contribution in [0.3, 0.4) is 0 Å². The summed E-state index contributed by atoms with van der Waals surface area (Å²) in [6.07, 6.45) is 1.58. The van der Waals surface area contributed by atoms with Crippen molar-refractivity contribution < 1.29 is 14.7 Å². The minimum absolute atomic E-state index is 0.0859. The standard InChI is InChI=1S/C29H32N2O3/c1-20(2)23-14-12-22(13-15-23)19-31-27-11-7-6-10-24(27)16-17-25(28(31)32)30-26(29(33)34)18-21-8-4-3-5-9-21/h3-15,20,25-26,30H,16-19H2,1-2H3,(H,33,34). The molecule has 3 aromatic carbocycles. The summed E-state index contributed by atoms with van der Waals surface area (Å²) in [6.45, 7) is 4.77. The van der Waals surface area contributed by atoms with Crippen LogP contribution >= 0.6 is 0 Å². The van der Waals surface area contributed by atoms with E-state index in [0.29, 0.717) is 31.7 Å². The molecule has 5 nitrogen and oxygen atoms in total. The zero-order chi connectivity index (χ0) is 24.1. The van der Waals surface area contributed by atoms with Crippen LogP contribution in [0.5, 0.6) is 0 Å². The van der Waals surface area contributed by atoms with Crippen molar-refractivity contribution >= 4 is 17.6 Å². The predicted octanol–water partition coefficient (Wildman–Crippen LogP) is 4.94. The quantitative estimate of drug-likeness (QED) is 0.504. The number of benzene rings is 3. The maximum absolute atomic E-state index is 13.8. The average Bonchev–Trinajstić information content (AvgIpc) is 2.97. The largest absolute Gasteiger partial charge is 0.480 e. The van der Waals surface area contributed by atoms with Crippen molar-refractivity contribution in [1.82, 2.24) is 5.32 Å². The molecule has 1 heterocycles. The number of aryl methyl sites for hydroxylation is 1. The number of para-hydroxylation sites is 1. The van der Waals surface area contributed by atoms with E-state index in [2.05, 4.69) is 49.5 Å². The molecule has 0 spiro atoms. The van der Waals surface area contributed by atoms with Crippen LogP contribution in [0.4, 0.5) is 5.69 Å². The number of carboxylic acid groups (broad SMARTS) is 1. The zero-order valence-electron chi connectivity index (χ0n) is 19.8. The fourth-order valence-corrected chi connectivity index (χ4v) is 4.53. The van der Waals surface area contributed by atoms with Crippen molar-refractivity contribution in [3.63, 3.8) is 0 Å². The van der Waals surface area contributed by atoms with Gasteiger partial charge >= 0.3 is 5.97 Å². The van der Waals surface area contributed by atoms with Gasteiger partial charge in [0.25, 0.3) is 0 Å². The molecule has 1 aliphatic heterocycles. The summed E-state index contributed by atoms with van der Waals surface area (Å²) in [7, 11) is 0. The molecule has 4 rings (SSSR count). The van der Waals surface area contributed by atoms with E-state index in [-0.39, 0.29) is 5.91 Å². The predicted molar refractivity (Wildman–Crippen MR) is 135 cm³/mol. The molecule has 3 aromatic rings. The maximum Gasteiger partial charge on any atom is 0.321 e. The van der Waals surface area contributed by atoms with Crippen molar-refractivity contribution in [2.24, 2.45) is 0 Å². The summed E-state index contributed by atoms with van der Waals surface area (Å²) < 4.78 is 0. The number of nitrogens with zero attached hydrogens (tertiary/aromatic N) is 1. The molecule has 0 fully saturated rings. The Morgan fingerprint density at radius 3 is 2.32 bits per heavy atom. The first-order chi connectivity index (χ1) is 16.4. The molecule has 34 heavy (non-hydrogen) atoms. The van der Waals surface area contributed by atoms with Gasteiger partial charge in [0.05, 0.1) is 12.6 Å². The van der Waals surface area contributed by atoms with E-state index < -0.39 is 18.1 Å². The molecule has 2 atom stereocenters. The van der Waals surface area contributed by atoms with Gasteiger partial charge in [0, 0.05) is 5.69 Å². The second-order valence-corrected chi connectivity index (χ2v) is 9.29. The van der Waals surface area contributed by atoms with Crippen LogP contribution in [-0.2, 0) is 29.0 Å². The number of hydrogen-bond donors (Lipinski definition) is 2. The van der Waals surface area contributed by atoms with Gasteiger partial charge in [0.2, 0.25) is 5.91 Å². The summed E-state index contributed by atoms with van der Waals surface area (Å²) in [4.78, 5) is 27.6. The van der Waals surface area contributed by atoms with E-state index in [1.54, 1.807) is 0 Å². The molecule has 2 N–H and O–H groups in total. The number of carbonyl (C=O) groups is 2. The van der Waals surface area contributed by atoms with Crippen LogP contribution in [0, 0.1) is 0 Å². The summed E-state index contributed by atoms with van der Waals surface area (Å²) >= 11 is 0. The number of carbonyl (C=O) groups excluding carboxylic acids is 1. The molecule has 1 aliphatic rings. The van der Waals surface area contributed by atoms with Gasteiger partial charge in [-0.3, -0.25) is 14.9 Å². The van der Waals surface area contributed by atoms with E-state index in [4.69, 9.17) is 0 Å². The van der Waals surface area contributed by atoms with Crippen LogP contribution in [0.15, 0.2) is 78.9 Å². The second-order valence-electron chi connectivity index (χ2n) is 9.29. The van der Waals surface area contributed by atoms with Crippen LogP contribution in [-0.4, -0.2) is 29.1 Å². The first-order valence-electron chi connectivity index (χ1n) is 11.9. The topological polar surface area (TPSA) is 69.6 Å². The highest BCUT2D eigenvalue weighted by Gasteiger charge is 2.33. The Balaban J connectivity index is 1.59. The lowest BCUT2D eigenvalue weighted by Crippen LogP contribution is -2.52. The van der Waals surface area contributed by atoms with E-state index in [1.165, 1.54) is 5.56 Å². The van der Waals surface area contributed by atoms with Crippen molar-refractivity contribution in [2.75, 3.05) is 4.90 Å². The van der Waals surface area contributed by atoms with Gasteiger partial charge in [-0.1, -0.05) is 86.6 Å². The molecule has 0 saturated carbocycles. The van der Waals surface area contributed by atoms with Crippen LogP contribution in [0.2, 0.25) is 0 Å². The normalized spacial score (nSPS) is 16.7. The van der Waals surface area contributed by atoms with Gasteiger partial charge in [0.1, 0.15) is 6.04 Å². The lowest BCUT2D eigenvalue weighted by Gasteiger charge is -2.28. The highest BCUT2D eigenvalue weighted by atomic mass is 16.4. The third-order valence-corrected chi connectivity index (χ3v) is 6.52. The van der Waals surface area contributed by atoms with E-state index in [0.717, 1.165) is 22.4 Å². The molecule has 2 unspecified atom stereocenters. The maximum atomic E-state index is 13.8. The van der Waals surface area contributed by atoms with Crippen LogP contribution in [0.1, 0.15) is 48.4 Å². The number of fused-ring (bicyclic) bond motifs is 1. The van der Waals surface area contributed by atoms with Crippen molar-refractivity contribution in [2.45, 2.75) is 57.7 Å². The lowest BCUT2D eigenvalue weighted by molar-refractivity contribution is -0.139. The number of hydrogen-bond acceptors (Lipinski definition) is 3. The number of amides is 1. The summed E-state index contributed by atoms with van der Waals surface area (Å²) in [5, 5.41) is 13.1. The number of carboxylic acids is 1. The monoisotopic (exact) mass is 456 g/mol. The first-order valence-corrected chi connectivity index (χ1v) is 11.9. The Labute approximate surface area is 201 Å². The van der Waals surface area contributed by atoms with Crippen molar-refractivity contribution in [3.8, 4) is 0 Å². The summed E-state index contributed by atoms with van der Waals surface area (Å²) in [5.74, 6) is -0.591. The Morgan fingerprint density at radius 1 is 0.971 bits per heavy atom. The van der Waals surface area contributed by atoms with Crippen molar-refractivity contribution in [3.05, 3.63) is 101 Å². The molecule has 176 valence electrons. The zero-order valence-corrected chi connectivity index (χ0v) is 19.8. The molecule has 0 bridgehead atoms. The minimum Gasteiger partial charge on any atom is -0.480 e. The SMILES string of the molecule is CC(C)c1ccc(CN2C(=O)C(NC(Cc3ccccc3)C(=O)O)CCc3ccccc32)cc1. The highest BCUT2D eigenvalue weighted by Crippen LogP contribution is 2.29. The third-order valence-electron chi connectivity index (χ3n) is 6.52. The first kappa shape index (κ1) is 23.7. The highest BCUT2D eigenvalue weighted by molar-refractivity contribution is 5.99. The smallest absolute Gasteiger partial charge is 0.321 e. The molecule has 0 saturated heterocycles. The number of aliphatic carboxylic acids is 1. The Hall–Kier alpha value is -3.44. The van der Waals surface area contributed by atoms with E-state index >= 15 is 0 Å². The van der Waals surface area contributed by atoms with Crippen LogP contribution < -0.4 is 10.2 Å². The fraction of sp³-hybridized carbons (Fsp3) is 0.310. The van der Waals surface area contributed by atoms with E-state index in [1.807, 2.05) is 53.4 Å². The molecule has 5 heteroatoms. The van der Waals surface area contributed by atoms with Crippen molar-refractivity contribution in [1.29, 1.82) is 0 Å². The number of nitrogens with one attached hydrogen (secondary N) is 1. The number of anilines is 1. The van der Waals surface area contributed by atoms with Gasteiger partial charge in [-0.2, -0.15) is 0 Å². The van der Waals surface area contributed by atoms with Gasteiger partial charge in [0.15, 0.2) is 0 Å². The lowest BCUT2D eigenvalue weighted by atomic mass is 10.0. The van der Waals surface area contributed by atoms with Gasteiger partial charge in [-0.25, -0.2) is 0 Å². The van der Waals surface area contributed by atoms with Crippen LogP contribution in [0.25, 0.3) is 0 Å². The Kier molecular flexibility index (Phi) is 7.43. The summed E-state index contributed by atoms with van der Waals surface area (Å²) in [5.41, 5.74) is 5.24. The second kappa shape index (κ2) is 10.7. The summed E-state index contributed by atoms with van der Waals surface area (Å²) in [6, 6.07) is 24.5. The molecule has 0 aliphatic carbocycles. The molecule has 0 radical (unpaired) electrons. The van der Waals surface area contributed by atoms with E-state index in [9.17, 15) is 14.7 Å². The minimum atomic E-state index is -0.950.